The number of rotatable bonds is 0. The molecule has 2 nitrogen and oxygen atoms in total. The third-order valence-corrected chi connectivity index (χ3v) is 2.48. The predicted octanol–water partition coefficient (Wildman–Crippen LogP) is 3.72. The Labute approximate surface area is 88.5 Å². The maximum Gasteiger partial charge on any atom is 0.151 e. The summed E-state index contributed by atoms with van der Waals surface area (Å²) >= 11 is 0. The summed E-state index contributed by atoms with van der Waals surface area (Å²) in [7, 11) is 0. The van der Waals surface area contributed by atoms with E-state index < -0.39 is 0 Å². The van der Waals surface area contributed by atoms with Crippen LogP contribution in [0.1, 0.15) is 5.56 Å². The lowest BCUT2D eigenvalue weighted by atomic mass is 10.1. The quantitative estimate of drug-likeness (QED) is 0.591. The van der Waals surface area contributed by atoms with Crippen molar-refractivity contribution in [2.75, 3.05) is 5.32 Å². The molecule has 1 N–H and O–H groups in total. The van der Waals surface area contributed by atoms with Gasteiger partial charge in [0.1, 0.15) is 0 Å². The van der Waals surface area contributed by atoms with Gasteiger partial charge in [-0.15, -0.1) is 0 Å². The number of nitrogens with one attached hydrogen (secondary N) is 1. The molecule has 0 amide bonds. The monoisotopic (exact) mass is 196 g/mol. The van der Waals surface area contributed by atoms with Gasteiger partial charge in [0.15, 0.2) is 11.5 Å². The normalized spacial score (nSPS) is 12.1. The lowest BCUT2D eigenvalue weighted by Crippen LogP contribution is -2.03. The fourth-order valence-corrected chi connectivity index (χ4v) is 1.72. The molecule has 1 aliphatic rings. The highest BCUT2D eigenvalue weighted by molar-refractivity contribution is 5.78. The fourth-order valence-electron chi connectivity index (χ4n) is 1.72. The fraction of sp³-hybridized carbons (Fsp3) is 0. The predicted molar refractivity (Wildman–Crippen MR) is 60.7 cm³/mol. The zero-order valence-corrected chi connectivity index (χ0v) is 8.16. The van der Waals surface area contributed by atoms with Crippen LogP contribution >= 0.6 is 0 Å². The standard InChI is InChI=1S/C13H10NO/c1-9-5-4-8-12-13(9)14-10-6-2-3-7-11(10)15-12/h2-8,14H,1H2. The highest BCUT2D eigenvalue weighted by Gasteiger charge is 2.16. The zero-order valence-electron chi connectivity index (χ0n) is 8.16. The van der Waals surface area contributed by atoms with Crippen molar-refractivity contribution >= 4 is 11.4 Å². The van der Waals surface area contributed by atoms with Gasteiger partial charge in [0.2, 0.25) is 0 Å². The molecule has 0 fully saturated rings. The van der Waals surface area contributed by atoms with E-state index in [4.69, 9.17) is 4.74 Å². The van der Waals surface area contributed by atoms with Gasteiger partial charge in [0.05, 0.1) is 11.4 Å². The van der Waals surface area contributed by atoms with Crippen molar-refractivity contribution < 1.29 is 4.74 Å². The molecule has 0 saturated carbocycles. The van der Waals surface area contributed by atoms with Crippen LogP contribution in [0, 0.1) is 6.92 Å². The molecular weight excluding hydrogens is 186 g/mol. The minimum atomic E-state index is 0.834. The van der Waals surface area contributed by atoms with Crippen LogP contribution in [0.3, 0.4) is 0 Å². The Hall–Kier alpha value is -1.96. The van der Waals surface area contributed by atoms with E-state index in [0.29, 0.717) is 0 Å². The highest BCUT2D eigenvalue weighted by Crippen LogP contribution is 2.42. The van der Waals surface area contributed by atoms with Crippen LogP contribution in [-0.4, -0.2) is 0 Å². The molecule has 2 aromatic rings. The Morgan fingerprint density at radius 2 is 1.73 bits per heavy atom. The largest absolute Gasteiger partial charge is 0.453 e. The molecule has 0 unspecified atom stereocenters. The molecule has 0 aromatic heterocycles. The van der Waals surface area contributed by atoms with Crippen LogP contribution in [0.5, 0.6) is 11.5 Å². The first-order chi connectivity index (χ1) is 7.34. The van der Waals surface area contributed by atoms with Crippen molar-refractivity contribution in [2.45, 2.75) is 0 Å². The maximum absolute atomic E-state index is 5.76. The number of anilines is 2. The summed E-state index contributed by atoms with van der Waals surface area (Å²) in [5, 5.41) is 3.32. The van der Waals surface area contributed by atoms with E-state index >= 15 is 0 Å². The molecule has 1 aliphatic heterocycles. The summed E-state index contributed by atoms with van der Waals surface area (Å²) < 4.78 is 5.76. The molecule has 0 bridgehead atoms. The number of fused-ring (bicyclic) bond motifs is 2. The maximum atomic E-state index is 5.76. The summed E-state index contributed by atoms with van der Waals surface area (Å²) in [5.41, 5.74) is 2.89. The van der Waals surface area contributed by atoms with E-state index in [-0.39, 0.29) is 0 Å². The summed E-state index contributed by atoms with van der Waals surface area (Å²) in [6.07, 6.45) is 0. The van der Waals surface area contributed by atoms with Crippen molar-refractivity contribution in [3.05, 3.63) is 55.0 Å². The van der Waals surface area contributed by atoms with Crippen LogP contribution in [0.15, 0.2) is 42.5 Å². The molecule has 73 valence electrons. The second kappa shape index (κ2) is 3.02. The molecule has 2 heteroatoms. The molecule has 2 aromatic carbocycles. The lowest BCUT2D eigenvalue weighted by molar-refractivity contribution is 0.481. The molecule has 1 radical (unpaired) electrons. The molecule has 1 heterocycles. The van der Waals surface area contributed by atoms with Gasteiger partial charge >= 0.3 is 0 Å². The van der Waals surface area contributed by atoms with Crippen LogP contribution in [0.2, 0.25) is 0 Å². The van der Waals surface area contributed by atoms with Gasteiger partial charge in [-0.25, -0.2) is 0 Å². The second-order valence-electron chi connectivity index (χ2n) is 3.51. The van der Waals surface area contributed by atoms with Crippen LogP contribution in [-0.2, 0) is 0 Å². The first kappa shape index (κ1) is 8.36. The number of para-hydroxylation sites is 3. The van der Waals surface area contributed by atoms with Crippen LogP contribution in [0.4, 0.5) is 11.4 Å². The second-order valence-corrected chi connectivity index (χ2v) is 3.51. The molecule has 15 heavy (non-hydrogen) atoms. The third-order valence-electron chi connectivity index (χ3n) is 2.48. The van der Waals surface area contributed by atoms with Crippen molar-refractivity contribution in [1.82, 2.24) is 0 Å². The van der Waals surface area contributed by atoms with Crippen molar-refractivity contribution in [3.8, 4) is 11.5 Å². The van der Waals surface area contributed by atoms with Crippen LogP contribution in [0.25, 0.3) is 0 Å². The van der Waals surface area contributed by atoms with Gasteiger partial charge in [-0.2, -0.15) is 0 Å². The Morgan fingerprint density at radius 1 is 0.933 bits per heavy atom. The Kier molecular flexibility index (Phi) is 1.68. The molecule has 0 atom stereocenters. The molecule has 0 spiro atoms. The third kappa shape index (κ3) is 1.26. The van der Waals surface area contributed by atoms with E-state index in [0.717, 1.165) is 28.4 Å². The molecular formula is C13H10NO. The first-order valence-electron chi connectivity index (χ1n) is 4.83. The smallest absolute Gasteiger partial charge is 0.151 e. The van der Waals surface area contributed by atoms with E-state index in [2.05, 4.69) is 12.2 Å². The SMILES string of the molecule is [CH2]c1cccc2c1Nc1ccccc1O2. The molecule has 3 rings (SSSR count). The van der Waals surface area contributed by atoms with E-state index in [9.17, 15) is 0 Å². The average molecular weight is 196 g/mol. The summed E-state index contributed by atoms with van der Waals surface area (Å²) in [5.74, 6) is 1.69. The van der Waals surface area contributed by atoms with E-state index in [1.54, 1.807) is 0 Å². The summed E-state index contributed by atoms with van der Waals surface area (Å²) in [4.78, 5) is 0. The first-order valence-corrected chi connectivity index (χ1v) is 4.83. The van der Waals surface area contributed by atoms with Gasteiger partial charge in [-0.05, 0) is 30.7 Å². The molecule has 0 saturated heterocycles. The van der Waals surface area contributed by atoms with Gasteiger partial charge in [0.25, 0.3) is 0 Å². The van der Waals surface area contributed by atoms with Gasteiger partial charge in [-0.3, -0.25) is 0 Å². The summed E-state index contributed by atoms with van der Waals surface area (Å²) in [6, 6.07) is 13.7. The van der Waals surface area contributed by atoms with E-state index in [1.165, 1.54) is 0 Å². The van der Waals surface area contributed by atoms with Crippen molar-refractivity contribution in [3.63, 3.8) is 0 Å². The number of benzene rings is 2. The minimum Gasteiger partial charge on any atom is -0.453 e. The number of hydrogen-bond acceptors (Lipinski definition) is 2. The highest BCUT2D eigenvalue weighted by atomic mass is 16.5. The van der Waals surface area contributed by atoms with Gasteiger partial charge < -0.3 is 10.1 Å². The van der Waals surface area contributed by atoms with Crippen LogP contribution < -0.4 is 10.1 Å². The van der Waals surface area contributed by atoms with Crippen molar-refractivity contribution in [2.24, 2.45) is 0 Å². The zero-order chi connectivity index (χ0) is 10.3. The number of ether oxygens (including phenoxy) is 1. The Bertz CT molecular complexity index is 520. The van der Waals surface area contributed by atoms with Gasteiger partial charge in [-0.1, -0.05) is 24.3 Å². The van der Waals surface area contributed by atoms with Gasteiger partial charge in [0, 0.05) is 0 Å². The lowest BCUT2D eigenvalue weighted by Gasteiger charge is -2.22. The van der Waals surface area contributed by atoms with Crippen molar-refractivity contribution in [1.29, 1.82) is 0 Å². The minimum absolute atomic E-state index is 0.834. The molecule has 0 aliphatic carbocycles. The Morgan fingerprint density at radius 3 is 2.67 bits per heavy atom. The Balaban J connectivity index is 2.15. The topological polar surface area (TPSA) is 21.3 Å². The average Bonchev–Trinajstić information content (AvgIpc) is 2.27. The number of hydrogen-bond donors (Lipinski definition) is 1. The van der Waals surface area contributed by atoms with E-state index in [1.807, 2.05) is 42.5 Å². The summed E-state index contributed by atoms with van der Waals surface area (Å²) in [6.45, 7) is 3.96.